The summed E-state index contributed by atoms with van der Waals surface area (Å²) in [6, 6.07) is 12.7. The molecule has 2 aromatic carbocycles. The van der Waals surface area contributed by atoms with Crippen molar-refractivity contribution >= 4 is 33.2 Å². The molecule has 0 bridgehead atoms. The molecule has 33 heavy (non-hydrogen) atoms. The molecule has 1 aliphatic rings. The summed E-state index contributed by atoms with van der Waals surface area (Å²) in [6.07, 6.45) is 3.59. The Hall–Kier alpha value is -3.13. The largest absolute Gasteiger partial charge is 0.341 e. The van der Waals surface area contributed by atoms with Gasteiger partial charge in [0.05, 0.1) is 4.90 Å². The lowest BCUT2D eigenvalue weighted by Crippen LogP contribution is -2.31. The maximum absolute atomic E-state index is 12.9. The van der Waals surface area contributed by atoms with Crippen molar-refractivity contribution in [2.24, 2.45) is 0 Å². The molecule has 2 heterocycles. The number of aromatic nitrogens is 2. The summed E-state index contributed by atoms with van der Waals surface area (Å²) in [5, 5.41) is 3.31. The van der Waals surface area contributed by atoms with E-state index in [1.807, 2.05) is 52.0 Å². The van der Waals surface area contributed by atoms with Crippen molar-refractivity contribution in [2.75, 3.05) is 28.0 Å². The lowest BCUT2D eigenvalue weighted by molar-refractivity contribution is 0.568. The molecule has 0 amide bonds. The maximum Gasteiger partial charge on any atom is 0.262 e. The molecule has 0 aliphatic carbocycles. The molecular weight excluding hydrogens is 434 g/mol. The normalized spacial score (nSPS) is 14.2. The van der Waals surface area contributed by atoms with E-state index < -0.39 is 10.0 Å². The number of hydrogen-bond donors (Lipinski definition) is 2. The van der Waals surface area contributed by atoms with Gasteiger partial charge in [0, 0.05) is 36.2 Å². The summed E-state index contributed by atoms with van der Waals surface area (Å²) in [7, 11) is -3.68. The van der Waals surface area contributed by atoms with Gasteiger partial charge < -0.3 is 10.2 Å². The Labute approximate surface area is 196 Å². The third kappa shape index (κ3) is 5.45. The number of nitrogens with zero attached hydrogens (tertiary/aromatic N) is 3. The standard InChI is InChI=1S/C25H31N5O2S/c1-17-14-19(3)23(15-18(17)2)33(31,32)29-22-10-8-21(9-11-22)27-24-16-20(4)26-25(28-24)30-12-6-5-7-13-30/h8-11,14-16,29H,5-7,12-13H2,1-4H3,(H,26,27,28). The van der Waals surface area contributed by atoms with Crippen LogP contribution < -0.4 is 14.9 Å². The molecule has 0 spiro atoms. The fourth-order valence-corrected chi connectivity index (χ4v) is 5.43. The first-order chi connectivity index (χ1) is 15.7. The fourth-order valence-electron chi connectivity index (χ4n) is 4.06. The topological polar surface area (TPSA) is 87.2 Å². The Morgan fingerprint density at radius 1 is 0.788 bits per heavy atom. The molecule has 2 N–H and O–H groups in total. The summed E-state index contributed by atoms with van der Waals surface area (Å²) in [5.41, 5.74) is 4.98. The lowest BCUT2D eigenvalue weighted by Gasteiger charge is -2.27. The summed E-state index contributed by atoms with van der Waals surface area (Å²) in [6.45, 7) is 9.64. The molecule has 3 aromatic rings. The molecule has 0 atom stereocenters. The second-order valence-electron chi connectivity index (χ2n) is 8.75. The molecular formula is C25H31N5O2S. The third-order valence-electron chi connectivity index (χ3n) is 5.97. The first-order valence-electron chi connectivity index (χ1n) is 11.3. The van der Waals surface area contributed by atoms with Crippen molar-refractivity contribution in [1.29, 1.82) is 0 Å². The number of anilines is 4. The van der Waals surface area contributed by atoms with Crippen molar-refractivity contribution in [3.05, 3.63) is 64.8 Å². The van der Waals surface area contributed by atoms with E-state index in [9.17, 15) is 8.42 Å². The molecule has 1 saturated heterocycles. The molecule has 1 aliphatic heterocycles. The van der Waals surface area contributed by atoms with Gasteiger partial charge in [-0.05, 0) is 94.0 Å². The van der Waals surface area contributed by atoms with Gasteiger partial charge in [0.25, 0.3) is 10.0 Å². The van der Waals surface area contributed by atoms with Crippen molar-refractivity contribution < 1.29 is 8.42 Å². The maximum atomic E-state index is 12.9. The van der Waals surface area contributed by atoms with Crippen LogP contribution >= 0.6 is 0 Å². The Balaban J connectivity index is 1.49. The Morgan fingerprint density at radius 2 is 1.42 bits per heavy atom. The highest BCUT2D eigenvalue weighted by atomic mass is 32.2. The van der Waals surface area contributed by atoms with Gasteiger partial charge >= 0.3 is 0 Å². The van der Waals surface area contributed by atoms with Gasteiger partial charge in [0.1, 0.15) is 5.82 Å². The highest BCUT2D eigenvalue weighted by Crippen LogP contribution is 2.25. The number of benzene rings is 2. The van der Waals surface area contributed by atoms with E-state index in [0.29, 0.717) is 10.6 Å². The van der Waals surface area contributed by atoms with Gasteiger partial charge in [-0.25, -0.2) is 13.4 Å². The molecule has 0 saturated carbocycles. The molecule has 0 radical (unpaired) electrons. The van der Waals surface area contributed by atoms with E-state index in [2.05, 4.69) is 19.9 Å². The van der Waals surface area contributed by atoms with Crippen LogP contribution in [0.25, 0.3) is 0 Å². The SMILES string of the molecule is Cc1cc(Nc2ccc(NS(=O)(=O)c3cc(C)c(C)cc3C)cc2)nc(N2CCCCC2)n1. The van der Waals surface area contributed by atoms with E-state index >= 15 is 0 Å². The number of piperidine rings is 1. The Kier molecular flexibility index (Phi) is 6.56. The minimum absolute atomic E-state index is 0.300. The van der Waals surface area contributed by atoms with E-state index in [0.717, 1.165) is 52.9 Å². The van der Waals surface area contributed by atoms with E-state index in [1.165, 1.54) is 19.3 Å². The minimum atomic E-state index is -3.68. The van der Waals surface area contributed by atoms with E-state index in [-0.39, 0.29) is 0 Å². The first-order valence-corrected chi connectivity index (χ1v) is 12.8. The van der Waals surface area contributed by atoms with Crippen LogP contribution in [0.4, 0.5) is 23.1 Å². The van der Waals surface area contributed by atoms with Gasteiger partial charge in [-0.2, -0.15) is 4.98 Å². The molecule has 4 rings (SSSR count). The molecule has 8 heteroatoms. The molecule has 1 aromatic heterocycles. The van der Waals surface area contributed by atoms with Crippen LogP contribution in [0, 0.1) is 27.7 Å². The quantitative estimate of drug-likeness (QED) is 0.517. The number of rotatable bonds is 6. The van der Waals surface area contributed by atoms with E-state index in [4.69, 9.17) is 4.98 Å². The summed E-state index contributed by atoms with van der Waals surface area (Å²) in [4.78, 5) is 11.8. The van der Waals surface area contributed by atoms with Crippen LogP contribution in [-0.4, -0.2) is 31.5 Å². The van der Waals surface area contributed by atoms with Crippen molar-refractivity contribution in [2.45, 2.75) is 51.9 Å². The van der Waals surface area contributed by atoms with Gasteiger partial charge in [-0.1, -0.05) is 6.07 Å². The highest BCUT2D eigenvalue weighted by Gasteiger charge is 2.18. The number of hydrogen-bond acceptors (Lipinski definition) is 6. The van der Waals surface area contributed by atoms with Crippen LogP contribution in [0.3, 0.4) is 0 Å². The molecule has 174 valence electrons. The van der Waals surface area contributed by atoms with Crippen molar-refractivity contribution in [1.82, 2.24) is 9.97 Å². The van der Waals surface area contributed by atoms with Gasteiger partial charge in [-0.15, -0.1) is 0 Å². The van der Waals surface area contributed by atoms with Crippen LogP contribution in [0.2, 0.25) is 0 Å². The van der Waals surface area contributed by atoms with Crippen molar-refractivity contribution in [3.8, 4) is 0 Å². The minimum Gasteiger partial charge on any atom is -0.341 e. The summed E-state index contributed by atoms with van der Waals surface area (Å²) in [5.74, 6) is 1.48. The zero-order chi connectivity index (χ0) is 23.6. The number of aryl methyl sites for hydroxylation is 4. The smallest absolute Gasteiger partial charge is 0.262 e. The molecule has 7 nitrogen and oxygen atoms in total. The highest BCUT2D eigenvalue weighted by molar-refractivity contribution is 7.92. The monoisotopic (exact) mass is 465 g/mol. The predicted octanol–water partition coefficient (Wildman–Crippen LogP) is 5.24. The van der Waals surface area contributed by atoms with Crippen LogP contribution in [0.15, 0.2) is 47.4 Å². The average molecular weight is 466 g/mol. The van der Waals surface area contributed by atoms with E-state index in [1.54, 1.807) is 18.2 Å². The fraction of sp³-hybridized carbons (Fsp3) is 0.360. The van der Waals surface area contributed by atoms with Crippen LogP contribution in [0.5, 0.6) is 0 Å². The number of sulfonamides is 1. The second-order valence-corrected chi connectivity index (χ2v) is 10.4. The molecule has 0 unspecified atom stereocenters. The zero-order valence-corrected chi connectivity index (χ0v) is 20.5. The van der Waals surface area contributed by atoms with Crippen LogP contribution in [-0.2, 0) is 10.0 Å². The summed E-state index contributed by atoms with van der Waals surface area (Å²) < 4.78 is 28.6. The van der Waals surface area contributed by atoms with Crippen molar-refractivity contribution in [3.63, 3.8) is 0 Å². The molecule has 1 fully saturated rings. The van der Waals surface area contributed by atoms with Crippen LogP contribution in [0.1, 0.15) is 41.6 Å². The first kappa shape index (κ1) is 23.0. The Bertz CT molecular complexity index is 1250. The number of nitrogens with one attached hydrogen (secondary N) is 2. The lowest BCUT2D eigenvalue weighted by atomic mass is 10.1. The third-order valence-corrected chi connectivity index (χ3v) is 7.49. The van der Waals surface area contributed by atoms with Gasteiger partial charge in [0.2, 0.25) is 5.95 Å². The Morgan fingerprint density at radius 3 is 2.12 bits per heavy atom. The van der Waals surface area contributed by atoms with Gasteiger partial charge in [-0.3, -0.25) is 4.72 Å². The zero-order valence-electron chi connectivity index (χ0n) is 19.6. The second kappa shape index (κ2) is 9.39. The van der Waals surface area contributed by atoms with Gasteiger partial charge in [0.15, 0.2) is 0 Å². The summed E-state index contributed by atoms with van der Waals surface area (Å²) >= 11 is 0. The average Bonchev–Trinajstić information content (AvgIpc) is 2.77. The predicted molar refractivity (Wildman–Crippen MR) is 134 cm³/mol.